The average Bonchev–Trinajstić information content (AvgIpc) is 2.97. The summed E-state index contributed by atoms with van der Waals surface area (Å²) in [4.78, 5) is 0. The van der Waals surface area contributed by atoms with Crippen LogP contribution in [0.25, 0.3) is 0 Å². The fourth-order valence-electron chi connectivity index (χ4n) is 1.92. The topological polar surface area (TPSA) is 66.5 Å². The predicted octanol–water partition coefficient (Wildman–Crippen LogP) is 2.62. The Balaban J connectivity index is 2.03. The summed E-state index contributed by atoms with van der Waals surface area (Å²) in [5.41, 5.74) is 0.977. The van der Waals surface area contributed by atoms with Gasteiger partial charge in [0.15, 0.2) is 5.82 Å². The van der Waals surface area contributed by atoms with Gasteiger partial charge in [-0.1, -0.05) is 42.5 Å². The van der Waals surface area contributed by atoms with Gasteiger partial charge in [-0.05, 0) is 12.0 Å². The number of rotatable bonds is 6. The highest BCUT2D eigenvalue weighted by Crippen LogP contribution is 2.32. The second-order valence-electron chi connectivity index (χ2n) is 4.87. The molecule has 2 aromatic rings. The summed E-state index contributed by atoms with van der Waals surface area (Å²) in [5.74, 6) is -1.22. The van der Waals surface area contributed by atoms with E-state index in [1.165, 1.54) is 0 Å². The minimum absolute atomic E-state index is 0.143. The van der Waals surface area contributed by atoms with Crippen LogP contribution in [0.5, 0.6) is 0 Å². The van der Waals surface area contributed by atoms with Crippen LogP contribution in [0.2, 0.25) is 0 Å². The van der Waals surface area contributed by atoms with Crippen molar-refractivity contribution in [2.45, 2.75) is 32.1 Å². The second-order valence-corrected chi connectivity index (χ2v) is 4.87. The molecule has 2 unspecified atom stereocenters. The van der Waals surface area contributed by atoms with E-state index in [1.54, 1.807) is 0 Å². The first-order chi connectivity index (χ1) is 9.97. The summed E-state index contributed by atoms with van der Waals surface area (Å²) in [7, 11) is 0. The van der Waals surface area contributed by atoms with E-state index < -0.39 is 18.1 Å². The molecule has 2 atom stereocenters. The van der Waals surface area contributed by atoms with Gasteiger partial charge in [0.25, 0.3) is 0 Å². The number of benzene rings is 1. The number of tetrazole rings is 1. The van der Waals surface area contributed by atoms with Crippen LogP contribution in [0.15, 0.2) is 30.3 Å². The first kappa shape index (κ1) is 15.4. The van der Waals surface area contributed by atoms with Gasteiger partial charge < -0.3 is 5.32 Å². The maximum absolute atomic E-state index is 12.7. The van der Waals surface area contributed by atoms with Gasteiger partial charge in [-0.3, -0.25) is 0 Å². The SMILES string of the molecule is CC(CC(NCc1ccccc1)c1nn[nH]n1)C(F)(F)F. The van der Waals surface area contributed by atoms with E-state index in [4.69, 9.17) is 0 Å². The largest absolute Gasteiger partial charge is 0.391 e. The van der Waals surface area contributed by atoms with Crippen molar-refractivity contribution in [1.82, 2.24) is 25.9 Å². The molecule has 2 rings (SSSR count). The molecule has 0 fully saturated rings. The maximum Gasteiger partial charge on any atom is 0.391 e. The number of aromatic nitrogens is 4. The highest BCUT2D eigenvalue weighted by atomic mass is 19.4. The van der Waals surface area contributed by atoms with Crippen molar-refractivity contribution in [2.24, 2.45) is 5.92 Å². The third-order valence-corrected chi connectivity index (χ3v) is 3.22. The van der Waals surface area contributed by atoms with Crippen molar-refractivity contribution >= 4 is 0 Å². The average molecular weight is 299 g/mol. The zero-order valence-electron chi connectivity index (χ0n) is 11.4. The Kier molecular flexibility index (Phi) is 4.89. The Hall–Kier alpha value is -1.96. The molecular formula is C13H16F3N5. The van der Waals surface area contributed by atoms with Gasteiger partial charge in [0.1, 0.15) is 0 Å². The van der Waals surface area contributed by atoms with Crippen LogP contribution in [0.1, 0.15) is 30.8 Å². The van der Waals surface area contributed by atoms with Crippen LogP contribution in [0, 0.1) is 5.92 Å². The molecule has 5 nitrogen and oxygen atoms in total. The molecule has 2 N–H and O–H groups in total. The molecule has 0 aliphatic carbocycles. The Morgan fingerprint density at radius 2 is 1.95 bits per heavy atom. The Morgan fingerprint density at radius 3 is 2.52 bits per heavy atom. The molecule has 1 aromatic carbocycles. The third-order valence-electron chi connectivity index (χ3n) is 3.22. The standard InChI is InChI=1S/C13H16F3N5/c1-9(13(14,15)16)7-11(12-18-20-21-19-12)17-8-10-5-3-2-4-6-10/h2-6,9,11,17H,7-8H2,1H3,(H,18,19,20,21). The maximum atomic E-state index is 12.7. The van der Waals surface area contributed by atoms with Crippen molar-refractivity contribution in [2.75, 3.05) is 0 Å². The summed E-state index contributed by atoms with van der Waals surface area (Å²) in [6.45, 7) is 1.59. The van der Waals surface area contributed by atoms with Gasteiger partial charge in [-0.2, -0.15) is 18.4 Å². The lowest BCUT2D eigenvalue weighted by Gasteiger charge is -2.21. The Morgan fingerprint density at radius 1 is 1.24 bits per heavy atom. The number of nitrogens with zero attached hydrogens (tertiary/aromatic N) is 3. The number of hydrogen-bond acceptors (Lipinski definition) is 4. The summed E-state index contributed by atoms with van der Waals surface area (Å²) in [6.07, 6.45) is -4.38. The third kappa shape index (κ3) is 4.52. The molecule has 21 heavy (non-hydrogen) atoms. The Labute approximate surface area is 119 Å². The van der Waals surface area contributed by atoms with Crippen LogP contribution in [-0.2, 0) is 6.54 Å². The van der Waals surface area contributed by atoms with Crippen LogP contribution in [-0.4, -0.2) is 26.8 Å². The number of hydrogen-bond donors (Lipinski definition) is 2. The zero-order valence-corrected chi connectivity index (χ0v) is 11.4. The van der Waals surface area contributed by atoms with Crippen molar-refractivity contribution < 1.29 is 13.2 Å². The zero-order chi connectivity index (χ0) is 15.3. The first-order valence-corrected chi connectivity index (χ1v) is 6.54. The first-order valence-electron chi connectivity index (χ1n) is 6.54. The summed E-state index contributed by atoms with van der Waals surface area (Å²) in [5, 5.41) is 16.3. The molecule has 1 heterocycles. The minimum Gasteiger partial charge on any atom is -0.303 e. The Bertz CT molecular complexity index is 526. The molecule has 0 saturated heterocycles. The van der Waals surface area contributed by atoms with E-state index in [0.29, 0.717) is 6.54 Å². The molecule has 0 spiro atoms. The molecule has 0 amide bonds. The monoisotopic (exact) mass is 299 g/mol. The van der Waals surface area contributed by atoms with Crippen LogP contribution < -0.4 is 5.32 Å². The fourth-order valence-corrected chi connectivity index (χ4v) is 1.92. The lowest BCUT2D eigenvalue weighted by Crippen LogP contribution is -2.29. The number of aromatic amines is 1. The fraction of sp³-hybridized carbons (Fsp3) is 0.462. The molecule has 8 heteroatoms. The molecular weight excluding hydrogens is 283 g/mol. The van der Waals surface area contributed by atoms with E-state index in [1.807, 2.05) is 30.3 Å². The summed E-state index contributed by atoms with van der Waals surface area (Å²) >= 11 is 0. The van der Waals surface area contributed by atoms with E-state index in [2.05, 4.69) is 25.9 Å². The van der Waals surface area contributed by atoms with Crippen molar-refractivity contribution in [3.8, 4) is 0 Å². The van der Waals surface area contributed by atoms with Gasteiger partial charge in [0.05, 0.1) is 12.0 Å². The van der Waals surface area contributed by atoms with E-state index in [-0.39, 0.29) is 12.2 Å². The minimum atomic E-state index is -4.24. The number of alkyl halides is 3. The molecule has 0 aliphatic heterocycles. The van der Waals surface area contributed by atoms with Gasteiger partial charge in [-0.15, -0.1) is 10.2 Å². The van der Waals surface area contributed by atoms with Crippen LogP contribution in [0.3, 0.4) is 0 Å². The quantitative estimate of drug-likeness (QED) is 0.860. The van der Waals surface area contributed by atoms with Gasteiger partial charge >= 0.3 is 6.18 Å². The summed E-state index contributed by atoms with van der Waals surface area (Å²) < 4.78 is 38.2. The van der Waals surface area contributed by atoms with Crippen LogP contribution >= 0.6 is 0 Å². The van der Waals surface area contributed by atoms with Gasteiger partial charge in [-0.25, -0.2) is 0 Å². The van der Waals surface area contributed by atoms with Crippen LogP contribution in [0.4, 0.5) is 13.2 Å². The van der Waals surface area contributed by atoms with Crippen molar-refractivity contribution in [3.63, 3.8) is 0 Å². The lowest BCUT2D eigenvalue weighted by atomic mass is 10.0. The molecule has 1 aromatic heterocycles. The van der Waals surface area contributed by atoms with Crippen molar-refractivity contribution in [3.05, 3.63) is 41.7 Å². The van der Waals surface area contributed by atoms with Gasteiger partial charge in [0.2, 0.25) is 0 Å². The number of halogens is 3. The van der Waals surface area contributed by atoms with E-state index in [9.17, 15) is 13.2 Å². The number of nitrogens with one attached hydrogen (secondary N) is 2. The molecule has 0 radical (unpaired) electrons. The highest BCUT2D eigenvalue weighted by Gasteiger charge is 2.38. The van der Waals surface area contributed by atoms with E-state index >= 15 is 0 Å². The molecule has 0 aliphatic rings. The molecule has 0 bridgehead atoms. The smallest absolute Gasteiger partial charge is 0.303 e. The van der Waals surface area contributed by atoms with Crippen molar-refractivity contribution in [1.29, 1.82) is 0 Å². The highest BCUT2D eigenvalue weighted by molar-refractivity contribution is 5.14. The molecule has 114 valence electrons. The normalized spacial score (nSPS) is 14.9. The van der Waals surface area contributed by atoms with Gasteiger partial charge in [0, 0.05) is 6.54 Å². The summed E-state index contributed by atoms with van der Waals surface area (Å²) in [6, 6.07) is 8.81. The predicted molar refractivity (Wildman–Crippen MR) is 70.0 cm³/mol. The molecule has 0 saturated carbocycles. The lowest BCUT2D eigenvalue weighted by molar-refractivity contribution is -0.172. The number of H-pyrrole nitrogens is 1. The van der Waals surface area contributed by atoms with E-state index in [0.717, 1.165) is 12.5 Å². The second kappa shape index (κ2) is 6.66.